The van der Waals surface area contributed by atoms with Gasteiger partial charge in [-0.3, -0.25) is 0 Å². The van der Waals surface area contributed by atoms with E-state index in [1.165, 1.54) is 0 Å². The fourth-order valence-electron chi connectivity index (χ4n) is 0.493. The van der Waals surface area contributed by atoms with E-state index in [0.29, 0.717) is 6.42 Å². The molecular weight excluding hydrogens is 116 g/mol. The van der Waals surface area contributed by atoms with Crippen LogP contribution in [-0.2, 0) is 0 Å². The van der Waals surface area contributed by atoms with Gasteiger partial charge in [-0.25, -0.2) is 0 Å². The molecule has 0 saturated carbocycles. The van der Waals surface area contributed by atoms with E-state index >= 15 is 0 Å². The molecule has 0 rings (SSSR count). The summed E-state index contributed by atoms with van der Waals surface area (Å²) in [5, 5.41) is 17.4. The van der Waals surface area contributed by atoms with Crippen molar-refractivity contribution in [3.05, 3.63) is 0 Å². The first-order valence-electron chi connectivity index (χ1n) is 2.97. The second-order valence-electron chi connectivity index (χ2n) is 2.03. The topological polar surface area (TPSA) is 40.5 Å². The summed E-state index contributed by atoms with van der Waals surface area (Å²) in [6, 6.07) is 0. The van der Waals surface area contributed by atoms with Crippen molar-refractivity contribution >= 4 is 0 Å². The predicted molar refractivity (Wildman–Crippen MR) is 35.7 cm³/mol. The van der Waals surface area contributed by atoms with E-state index in [9.17, 15) is 0 Å². The lowest BCUT2D eigenvalue weighted by atomic mass is 10.0. The number of terminal acetylenes is 1. The van der Waals surface area contributed by atoms with Crippen LogP contribution in [0.1, 0.15) is 13.3 Å². The molecule has 0 aromatic heterocycles. The smallest absolute Gasteiger partial charge is 0.0696 e. The van der Waals surface area contributed by atoms with Crippen LogP contribution in [0.5, 0.6) is 0 Å². The number of hydrogen-bond acceptors (Lipinski definition) is 2. The summed E-state index contributed by atoms with van der Waals surface area (Å²) in [5.41, 5.74) is 0. The third-order valence-electron chi connectivity index (χ3n) is 1.26. The van der Waals surface area contributed by atoms with Gasteiger partial charge in [-0.1, -0.05) is 0 Å². The maximum Gasteiger partial charge on any atom is 0.0696 e. The van der Waals surface area contributed by atoms with Gasteiger partial charge in [0.2, 0.25) is 0 Å². The monoisotopic (exact) mass is 128 g/mol. The summed E-state index contributed by atoms with van der Waals surface area (Å²) >= 11 is 0. The highest BCUT2D eigenvalue weighted by atomic mass is 16.3. The standard InChI is InChI=1S/C7H12O2/c1-3-6(2)7(9)4-5-8/h1,6-9H,4-5H2,2H3/t6-,7+/m1/s1. The summed E-state index contributed by atoms with van der Waals surface area (Å²) in [5.74, 6) is 2.23. The third kappa shape index (κ3) is 3.12. The summed E-state index contributed by atoms with van der Waals surface area (Å²) < 4.78 is 0. The fraction of sp³-hybridized carbons (Fsp3) is 0.714. The number of aliphatic hydroxyl groups excluding tert-OH is 2. The first-order valence-corrected chi connectivity index (χ1v) is 2.97. The minimum atomic E-state index is -0.556. The molecule has 9 heavy (non-hydrogen) atoms. The molecule has 0 fully saturated rings. The lowest BCUT2D eigenvalue weighted by molar-refractivity contribution is 0.106. The van der Waals surface area contributed by atoms with Crippen molar-refractivity contribution in [1.29, 1.82) is 0 Å². The number of hydrogen-bond donors (Lipinski definition) is 2. The van der Waals surface area contributed by atoms with Crippen LogP contribution in [0.25, 0.3) is 0 Å². The van der Waals surface area contributed by atoms with Crippen LogP contribution in [0.15, 0.2) is 0 Å². The molecule has 0 heterocycles. The lowest BCUT2D eigenvalue weighted by Crippen LogP contribution is -2.17. The molecule has 2 nitrogen and oxygen atoms in total. The molecule has 0 saturated heterocycles. The van der Waals surface area contributed by atoms with E-state index in [0.717, 1.165) is 0 Å². The zero-order chi connectivity index (χ0) is 7.28. The molecule has 2 N–H and O–H groups in total. The average Bonchev–Trinajstić information content (AvgIpc) is 1.87. The van der Waals surface area contributed by atoms with Crippen molar-refractivity contribution in [2.24, 2.45) is 5.92 Å². The molecule has 0 amide bonds. The summed E-state index contributed by atoms with van der Waals surface area (Å²) in [4.78, 5) is 0. The highest BCUT2D eigenvalue weighted by Gasteiger charge is 2.09. The molecular formula is C7H12O2. The Balaban J connectivity index is 3.48. The first kappa shape index (κ1) is 8.48. The third-order valence-corrected chi connectivity index (χ3v) is 1.26. The maximum absolute atomic E-state index is 9.02. The van der Waals surface area contributed by atoms with E-state index in [-0.39, 0.29) is 12.5 Å². The molecule has 0 aromatic carbocycles. The SMILES string of the molecule is C#C[C@@H](C)[C@@H](O)CCO. The largest absolute Gasteiger partial charge is 0.396 e. The average molecular weight is 128 g/mol. The van der Waals surface area contributed by atoms with Gasteiger partial charge in [0.1, 0.15) is 0 Å². The van der Waals surface area contributed by atoms with Crippen LogP contribution in [0.2, 0.25) is 0 Å². The van der Waals surface area contributed by atoms with Gasteiger partial charge >= 0.3 is 0 Å². The van der Waals surface area contributed by atoms with Gasteiger partial charge < -0.3 is 10.2 Å². The second kappa shape index (κ2) is 4.37. The normalized spacial score (nSPS) is 16.2. The first-order chi connectivity index (χ1) is 4.22. The van der Waals surface area contributed by atoms with E-state index < -0.39 is 6.10 Å². The van der Waals surface area contributed by atoms with Crippen LogP contribution >= 0.6 is 0 Å². The van der Waals surface area contributed by atoms with Crippen molar-refractivity contribution in [2.75, 3.05) is 6.61 Å². The van der Waals surface area contributed by atoms with Gasteiger partial charge in [0.25, 0.3) is 0 Å². The molecule has 0 aliphatic rings. The van der Waals surface area contributed by atoms with Crippen LogP contribution in [0.4, 0.5) is 0 Å². The van der Waals surface area contributed by atoms with Crippen molar-refractivity contribution in [1.82, 2.24) is 0 Å². The second-order valence-corrected chi connectivity index (χ2v) is 2.03. The quantitative estimate of drug-likeness (QED) is 0.525. The predicted octanol–water partition coefficient (Wildman–Crippen LogP) is -0.00100. The van der Waals surface area contributed by atoms with Gasteiger partial charge in [0.15, 0.2) is 0 Å². The van der Waals surface area contributed by atoms with Crippen LogP contribution in [0, 0.1) is 18.3 Å². The summed E-state index contributed by atoms with van der Waals surface area (Å²) in [7, 11) is 0. The van der Waals surface area contributed by atoms with Crippen LogP contribution in [0.3, 0.4) is 0 Å². The zero-order valence-electron chi connectivity index (χ0n) is 5.54. The van der Waals surface area contributed by atoms with Crippen molar-refractivity contribution in [3.63, 3.8) is 0 Å². The molecule has 0 aliphatic carbocycles. The van der Waals surface area contributed by atoms with E-state index in [4.69, 9.17) is 16.6 Å². The molecule has 0 aliphatic heterocycles. The molecule has 0 aromatic rings. The highest BCUT2D eigenvalue weighted by molar-refractivity contribution is 4.93. The summed E-state index contributed by atoms with van der Waals surface area (Å²) in [6.07, 6.45) is 4.82. The Kier molecular flexibility index (Phi) is 4.12. The van der Waals surface area contributed by atoms with Gasteiger partial charge in [-0.05, 0) is 13.3 Å². The van der Waals surface area contributed by atoms with Crippen molar-refractivity contribution in [3.8, 4) is 12.3 Å². The lowest BCUT2D eigenvalue weighted by Gasteiger charge is -2.10. The molecule has 2 heteroatoms. The number of rotatable bonds is 3. The number of aliphatic hydroxyl groups is 2. The Labute approximate surface area is 55.5 Å². The van der Waals surface area contributed by atoms with E-state index in [1.54, 1.807) is 6.92 Å². The Morgan fingerprint density at radius 3 is 2.56 bits per heavy atom. The van der Waals surface area contributed by atoms with E-state index in [1.807, 2.05) is 0 Å². The van der Waals surface area contributed by atoms with Crippen molar-refractivity contribution < 1.29 is 10.2 Å². The van der Waals surface area contributed by atoms with Gasteiger partial charge in [0.05, 0.1) is 6.10 Å². The maximum atomic E-state index is 9.02. The van der Waals surface area contributed by atoms with Crippen LogP contribution in [-0.4, -0.2) is 22.9 Å². The minimum absolute atomic E-state index is 0.00676. The van der Waals surface area contributed by atoms with Crippen molar-refractivity contribution in [2.45, 2.75) is 19.4 Å². The Bertz CT molecular complexity index is 104. The van der Waals surface area contributed by atoms with Gasteiger partial charge in [0, 0.05) is 12.5 Å². The molecule has 52 valence electrons. The molecule has 0 unspecified atom stereocenters. The molecule has 2 atom stereocenters. The van der Waals surface area contributed by atoms with E-state index in [2.05, 4.69) is 5.92 Å². The summed E-state index contributed by atoms with van der Waals surface area (Å²) in [6.45, 7) is 1.74. The Hall–Kier alpha value is -0.520. The Morgan fingerprint density at radius 2 is 2.22 bits per heavy atom. The molecule has 0 radical (unpaired) electrons. The highest BCUT2D eigenvalue weighted by Crippen LogP contribution is 2.03. The van der Waals surface area contributed by atoms with Gasteiger partial charge in [-0.2, -0.15) is 0 Å². The molecule has 0 bridgehead atoms. The Morgan fingerprint density at radius 1 is 1.67 bits per heavy atom. The minimum Gasteiger partial charge on any atom is -0.396 e. The van der Waals surface area contributed by atoms with Gasteiger partial charge in [-0.15, -0.1) is 12.3 Å². The molecule has 0 spiro atoms. The van der Waals surface area contributed by atoms with Crippen LogP contribution < -0.4 is 0 Å². The zero-order valence-corrected chi connectivity index (χ0v) is 5.54. The fourth-order valence-corrected chi connectivity index (χ4v) is 0.493.